The molecule has 222 valence electrons. The Morgan fingerprint density at radius 2 is 0.816 bits per heavy atom. The molecule has 0 bridgehead atoms. The monoisotopic (exact) mass is 531 g/mol. The van der Waals surface area contributed by atoms with Gasteiger partial charge in [-0.3, -0.25) is 0 Å². The first-order valence-corrected chi connectivity index (χ1v) is 17.1. The van der Waals surface area contributed by atoms with E-state index < -0.39 is 0 Å². The van der Waals surface area contributed by atoms with E-state index in [1.54, 1.807) is 0 Å². The highest BCUT2D eigenvalue weighted by Crippen LogP contribution is 2.15. The van der Waals surface area contributed by atoms with Gasteiger partial charge in [0.2, 0.25) is 0 Å². The van der Waals surface area contributed by atoms with Crippen LogP contribution in [0.5, 0.6) is 0 Å². The van der Waals surface area contributed by atoms with E-state index in [9.17, 15) is 4.79 Å². The first-order chi connectivity index (χ1) is 18.8. The highest BCUT2D eigenvalue weighted by Gasteiger charge is 2.21. The number of hydrogen-bond donors (Lipinski definition) is 0. The maximum atomic E-state index is 13.4. The van der Waals surface area contributed by atoms with Gasteiger partial charge in [-0.05, 0) is 64.2 Å². The van der Waals surface area contributed by atoms with Crippen LogP contribution in [0.15, 0.2) is 24.3 Å². The molecule has 0 aliphatic carbocycles. The second-order valence-corrected chi connectivity index (χ2v) is 11.7. The molecule has 1 saturated heterocycles. The summed E-state index contributed by atoms with van der Waals surface area (Å²) >= 11 is 0. The third kappa shape index (κ3) is 20.7. The minimum atomic E-state index is 0.330. The molecular formula is C35H66N2O. The van der Waals surface area contributed by atoms with Crippen molar-refractivity contribution in [2.45, 2.75) is 168 Å². The van der Waals surface area contributed by atoms with Crippen LogP contribution >= 0.6 is 0 Å². The van der Waals surface area contributed by atoms with Crippen molar-refractivity contribution in [2.24, 2.45) is 0 Å². The number of unbranched alkanes of at least 4 members (excludes halogenated alkanes) is 16. The minimum Gasteiger partial charge on any atom is -0.325 e. The van der Waals surface area contributed by atoms with Crippen LogP contribution in [0.4, 0.5) is 4.79 Å². The largest absolute Gasteiger partial charge is 0.325 e. The van der Waals surface area contributed by atoms with E-state index in [1.165, 1.54) is 154 Å². The van der Waals surface area contributed by atoms with Gasteiger partial charge in [0.1, 0.15) is 0 Å². The molecule has 0 unspecified atom stereocenters. The summed E-state index contributed by atoms with van der Waals surface area (Å²) < 4.78 is 0. The lowest BCUT2D eigenvalue weighted by Crippen LogP contribution is -2.44. The van der Waals surface area contributed by atoms with E-state index in [0.29, 0.717) is 6.03 Å². The maximum absolute atomic E-state index is 13.4. The Morgan fingerprint density at radius 3 is 1.21 bits per heavy atom. The predicted molar refractivity (Wildman–Crippen MR) is 169 cm³/mol. The Balaban J connectivity index is 2.15. The van der Waals surface area contributed by atoms with Crippen molar-refractivity contribution in [3.05, 3.63) is 24.3 Å². The van der Waals surface area contributed by atoms with Crippen molar-refractivity contribution >= 4 is 6.03 Å². The van der Waals surface area contributed by atoms with Crippen LogP contribution in [0.3, 0.4) is 0 Å². The Labute approximate surface area is 238 Å². The molecule has 1 heterocycles. The van der Waals surface area contributed by atoms with Crippen molar-refractivity contribution in [1.82, 2.24) is 9.80 Å². The number of urea groups is 1. The van der Waals surface area contributed by atoms with Gasteiger partial charge >= 0.3 is 6.03 Å². The van der Waals surface area contributed by atoms with Crippen molar-refractivity contribution in [3.8, 4) is 0 Å². The highest BCUT2D eigenvalue weighted by molar-refractivity contribution is 5.74. The second kappa shape index (κ2) is 27.3. The normalized spacial score (nSPS) is 15.5. The van der Waals surface area contributed by atoms with Gasteiger partial charge in [-0.15, -0.1) is 0 Å². The van der Waals surface area contributed by atoms with Crippen LogP contribution in [0, 0.1) is 0 Å². The first kappa shape index (κ1) is 34.8. The Morgan fingerprint density at radius 1 is 0.474 bits per heavy atom. The third-order valence-electron chi connectivity index (χ3n) is 8.03. The molecule has 2 amide bonds. The molecule has 0 aromatic heterocycles. The van der Waals surface area contributed by atoms with Gasteiger partial charge in [0.05, 0.1) is 0 Å². The van der Waals surface area contributed by atoms with Crippen LogP contribution in [0.1, 0.15) is 168 Å². The van der Waals surface area contributed by atoms with Crippen molar-refractivity contribution in [2.75, 3.05) is 26.2 Å². The molecule has 1 rings (SSSR count). The highest BCUT2D eigenvalue weighted by atomic mass is 16.2. The van der Waals surface area contributed by atoms with E-state index in [-0.39, 0.29) is 0 Å². The van der Waals surface area contributed by atoms with Gasteiger partial charge in [0, 0.05) is 26.2 Å². The average Bonchev–Trinajstić information content (AvgIpc) is 3.01. The van der Waals surface area contributed by atoms with Crippen LogP contribution < -0.4 is 0 Å². The first-order valence-electron chi connectivity index (χ1n) is 17.1. The van der Waals surface area contributed by atoms with Gasteiger partial charge in [0.15, 0.2) is 0 Å². The Kier molecular flexibility index (Phi) is 25.0. The molecule has 0 saturated carbocycles. The number of carbonyl (C=O) groups excluding carboxylic acids is 1. The summed E-state index contributed by atoms with van der Waals surface area (Å²) in [6.45, 7) is 8.37. The molecule has 1 aliphatic heterocycles. The molecule has 0 N–H and O–H groups in total. The lowest BCUT2D eigenvalue weighted by molar-refractivity contribution is 0.152. The van der Waals surface area contributed by atoms with E-state index in [4.69, 9.17) is 0 Å². The molecule has 1 aliphatic rings. The quantitative estimate of drug-likeness (QED) is 0.0899. The SMILES string of the molecule is CCCC/C=C\CCCCCCCCN1CCCCCCN(CCCCCCCC/C=C\CCCC)C1=O. The standard InChI is InChI=1S/C35H66N2O/c1-3-5-7-9-11-13-15-17-19-21-23-27-31-36-33-29-25-26-30-34-37(35(36)38)32-28-24-22-20-18-16-14-12-10-8-6-4-2/h9-12H,3-8,13-34H2,1-2H3/b11-9-,12-10-. The van der Waals surface area contributed by atoms with E-state index >= 15 is 0 Å². The summed E-state index contributed by atoms with van der Waals surface area (Å²) in [5.41, 5.74) is 0. The molecule has 1 fully saturated rings. The van der Waals surface area contributed by atoms with Gasteiger partial charge in [-0.1, -0.05) is 128 Å². The fraction of sp³-hybridized carbons (Fsp3) is 0.857. The van der Waals surface area contributed by atoms with Crippen LogP contribution in [0.25, 0.3) is 0 Å². The smallest absolute Gasteiger partial charge is 0.319 e. The molecule has 0 spiro atoms. The zero-order chi connectivity index (χ0) is 27.4. The summed E-state index contributed by atoms with van der Waals surface area (Å²) in [6.07, 6.45) is 40.2. The van der Waals surface area contributed by atoms with E-state index in [0.717, 1.165) is 26.2 Å². The van der Waals surface area contributed by atoms with E-state index in [1.807, 2.05) is 0 Å². The molecule has 0 aromatic rings. The summed E-state index contributed by atoms with van der Waals surface area (Å²) in [5.74, 6) is 0. The van der Waals surface area contributed by atoms with Crippen molar-refractivity contribution in [1.29, 1.82) is 0 Å². The number of nitrogens with zero attached hydrogens (tertiary/aromatic N) is 2. The van der Waals surface area contributed by atoms with Crippen LogP contribution in [-0.2, 0) is 0 Å². The molecule has 0 aromatic carbocycles. The minimum absolute atomic E-state index is 0.330. The number of rotatable bonds is 24. The molecule has 0 atom stereocenters. The Bertz CT molecular complexity index is 522. The summed E-state index contributed by atoms with van der Waals surface area (Å²) in [6, 6.07) is 0.330. The zero-order valence-corrected chi connectivity index (χ0v) is 25.9. The molecule has 3 heteroatoms. The van der Waals surface area contributed by atoms with E-state index in [2.05, 4.69) is 48.0 Å². The van der Waals surface area contributed by atoms with Gasteiger partial charge in [-0.2, -0.15) is 0 Å². The maximum Gasteiger partial charge on any atom is 0.319 e. The number of carbonyl (C=O) groups is 1. The zero-order valence-electron chi connectivity index (χ0n) is 25.9. The number of hydrogen-bond acceptors (Lipinski definition) is 1. The van der Waals surface area contributed by atoms with Crippen molar-refractivity contribution < 1.29 is 4.79 Å². The molecule has 3 nitrogen and oxygen atoms in total. The second-order valence-electron chi connectivity index (χ2n) is 11.7. The molecule has 38 heavy (non-hydrogen) atoms. The topological polar surface area (TPSA) is 23.6 Å². The predicted octanol–water partition coefficient (Wildman–Crippen LogP) is 11.2. The third-order valence-corrected chi connectivity index (χ3v) is 8.03. The fourth-order valence-corrected chi connectivity index (χ4v) is 5.42. The number of allylic oxidation sites excluding steroid dienone is 4. The van der Waals surface area contributed by atoms with Crippen LogP contribution in [0.2, 0.25) is 0 Å². The van der Waals surface area contributed by atoms with Crippen molar-refractivity contribution in [3.63, 3.8) is 0 Å². The van der Waals surface area contributed by atoms with Gasteiger partial charge in [0.25, 0.3) is 0 Å². The molecular weight excluding hydrogens is 464 g/mol. The summed E-state index contributed by atoms with van der Waals surface area (Å²) in [7, 11) is 0. The summed E-state index contributed by atoms with van der Waals surface area (Å²) in [4.78, 5) is 17.7. The fourth-order valence-electron chi connectivity index (χ4n) is 5.42. The number of amides is 2. The van der Waals surface area contributed by atoms with Gasteiger partial charge < -0.3 is 9.80 Å². The van der Waals surface area contributed by atoms with Crippen LogP contribution in [-0.4, -0.2) is 42.0 Å². The average molecular weight is 531 g/mol. The molecule has 0 radical (unpaired) electrons. The Hall–Kier alpha value is -1.25. The van der Waals surface area contributed by atoms with Gasteiger partial charge in [-0.25, -0.2) is 4.79 Å². The summed E-state index contributed by atoms with van der Waals surface area (Å²) in [5, 5.41) is 0. The lowest BCUT2D eigenvalue weighted by Gasteiger charge is -2.30. The lowest BCUT2D eigenvalue weighted by atomic mass is 10.1.